The van der Waals surface area contributed by atoms with Crippen molar-refractivity contribution in [3.8, 4) is 0 Å². The molecule has 2 N–H and O–H groups in total. The molecule has 2 rings (SSSR count). The fourth-order valence-electron chi connectivity index (χ4n) is 2.07. The lowest BCUT2D eigenvalue weighted by atomic mass is 10.2. The molecule has 0 radical (unpaired) electrons. The lowest BCUT2D eigenvalue weighted by Crippen LogP contribution is -2.14. The van der Waals surface area contributed by atoms with Gasteiger partial charge in [0.2, 0.25) is 5.91 Å². The van der Waals surface area contributed by atoms with Crippen LogP contribution in [0.1, 0.15) is 24.2 Å². The first-order valence-corrected chi connectivity index (χ1v) is 9.46. The summed E-state index contributed by atoms with van der Waals surface area (Å²) in [5.41, 5.74) is 0.868. The number of esters is 1. The van der Waals surface area contributed by atoms with Crippen molar-refractivity contribution < 1.29 is 22.7 Å². The maximum absolute atomic E-state index is 12.4. The second kappa shape index (κ2) is 8.20. The van der Waals surface area contributed by atoms with Crippen LogP contribution in [0.25, 0.3) is 0 Å². The Labute approximate surface area is 156 Å². The SMILES string of the molecule is CCOC(=O)c1ccc(S(=O)(=O)Nc2ccc(NC(C)=O)c(Cl)c2)cc1. The van der Waals surface area contributed by atoms with E-state index in [1.165, 1.54) is 49.4 Å². The number of carbonyl (C=O) groups excluding carboxylic acids is 2. The van der Waals surface area contributed by atoms with Crippen LogP contribution < -0.4 is 10.0 Å². The molecular formula is C17H17ClN2O5S. The summed E-state index contributed by atoms with van der Waals surface area (Å²) in [6, 6.07) is 9.72. The molecule has 26 heavy (non-hydrogen) atoms. The Bertz CT molecular complexity index is 927. The molecule has 0 unspecified atom stereocenters. The van der Waals surface area contributed by atoms with Crippen LogP contribution in [0.4, 0.5) is 11.4 Å². The van der Waals surface area contributed by atoms with Gasteiger partial charge >= 0.3 is 5.97 Å². The molecule has 0 aromatic heterocycles. The molecule has 2 aromatic carbocycles. The summed E-state index contributed by atoms with van der Waals surface area (Å²) in [5.74, 6) is -0.813. The Kier molecular flexibility index (Phi) is 6.23. The molecule has 0 aliphatic rings. The van der Waals surface area contributed by atoms with E-state index < -0.39 is 16.0 Å². The molecule has 0 saturated carbocycles. The number of halogens is 1. The summed E-state index contributed by atoms with van der Waals surface area (Å²) in [6.07, 6.45) is 0. The van der Waals surface area contributed by atoms with Crippen molar-refractivity contribution in [2.75, 3.05) is 16.6 Å². The number of ether oxygens (including phenoxy) is 1. The molecular weight excluding hydrogens is 380 g/mol. The summed E-state index contributed by atoms with van der Waals surface area (Å²) in [6.45, 7) is 3.26. The van der Waals surface area contributed by atoms with Gasteiger partial charge in [-0.1, -0.05) is 11.6 Å². The minimum Gasteiger partial charge on any atom is -0.462 e. The fraction of sp³-hybridized carbons (Fsp3) is 0.176. The van der Waals surface area contributed by atoms with Crippen LogP contribution in [0.15, 0.2) is 47.4 Å². The molecule has 7 nitrogen and oxygen atoms in total. The smallest absolute Gasteiger partial charge is 0.338 e. The summed E-state index contributed by atoms with van der Waals surface area (Å²) in [4.78, 5) is 22.7. The highest BCUT2D eigenvalue weighted by Crippen LogP contribution is 2.27. The first kappa shape index (κ1) is 19.7. The lowest BCUT2D eigenvalue weighted by molar-refractivity contribution is -0.114. The number of sulfonamides is 1. The van der Waals surface area contributed by atoms with Gasteiger partial charge in [-0.25, -0.2) is 13.2 Å². The van der Waals surface area contributed by atoms with E-state index in [2.05, 4.69) is 10.0 Å². The fourth-order valence-corrected chi connectivity index (χ4v) is 3.35. The average molecular weight is 397 g/mol. The van der Waals surface area contributed by atoms with Gasteiger partial charge in [0.05, 0.1) is 33.5 Å². The van der Waals surface area contributed by atoms with Crippen LogP contribution in [-0.4, -0.2) is 26.9 Å². The lowest BCUT2D eigenvalue weighted by Gasteiger charge is -2.11. The van der Waals surface area contributed by atoms with E-state index in [0.29, 0.717) is 5.69 Å². The average Bonchev–Trinajstić information content (AvgIpc) is 2.57. The van der Waals surface area contributed by atoms with E-state index in [1.54, 1.807) is 6.92 Å². The number of hydrogen-bond donors (Lipinski definition) is 2. The molecule has 138 valence electrons. The predicted octanol–water partition coefficient (Wildman–Crippen LogP) is 3.28. The van der Waals surface area contributed by atoms with Crippen molar-refractivity contribution in [1.29, 1.82) is 0 Å². The van der Waals surface area contributed by atoms with Gasteiger partial charge in [-0.05, 0) is 49.4 Å². The summed E-state index contributed by atoms with van der Waals surface area (Å²) in [5, 5.41) is 2.72. The highest BCUT2D eigenvalue weighted by Gasteiger charge is 2.16. The Hall–Kier alpha value is -2.58. The van der Waals surface area contributed by atoms with Gasteiger partial charge in [-0.15, -0.1) is 0 Å². The highest BCUT2D eigenvalue weighted by molar-refractivity contribution is 7.92. The molecule has 0 saturated heterocycles. The maximum atomic E-state index is 12.4. The van der Waals surface area contributed by atoms with Gasteiger partial charge in [-0.2, -0.15) is 0 Å². The summed E-state index contributed by atoms with van der Waals surface area (Å²) >= 11 is 6.03. The first-order chi connectivity index (χ1) is 12.2. The van der Waals surface area contributed by atoms with E-state index in [9.17, 15) is 18.0 Å². The minimum atomic E-state index is -3.87. The predicted molar refractivity (Wildman–Crippen MR) is 99.0 cm³/mol. The molecule has 0 aliphatic carbocycles. The Morgan fingerprint density at radius 2 is 1.77 bits per heavy atom. The van der Waals surface area contributed by atoms with E-state index in [1.807, 2.05) is 0 Å². The summed E-state index contributed by atoms with van der Waals surface area (Å²) in [7, 11) is -3.87. The Morgan fingerprint density at radius 1 is 1.12 bits per heavy atom. The van der Waals surface area contributed by atoms with E-state index >= 15 is 0 Å². The molecule has 0 spiro atoms. The van der Waals surface area contributed by atoms with E-state index in [0.717, 1.165) is 0 Å². The molecule has 1 amide bonds. The first-order valence-electron chi connectivity index (χ1n) is 7.60. The zero-order valence-electron chi connectivity index (χ0n) is 14.1. The molecule has 0 atom stereocenters. The third-order valence-electron chi connectivity index (χ3n) is 3.21. The van der Waals surface area contributed by atoms with Gasteiger partial charge in [0.15, 0.2) is 0 Å². The summed E-state index contributed by atoms with van der Waals surface area (Å²) < 4.78 is 32.1. The second-order valence-electron chi connectivity index (χ2n) is 5.23. The quantitative estimate of drug-likeness (QED) is 0.729. The number of rotatable bonds is 6. The number of nitrogens with one attached hydrogen (secondary N) is 2. The number of carbonyl (C=O) groups is 2. The largest absolute Gasteiger partial charge is 0.462 e. The zero-order valence-corrected chi connectivity index (χ0v) is 15.6. The van der Waals surface area contributed by atoms with Crippen LogP contribution in [0.5, 0.6) is 0 Å². The highest BCUT2D eigenvalue weighted by atomic mass is 35.5. The van der Waals surface area contributed by atoms with Gasteiger partial charge in [0.1, 0.15) is 0 Å². The number of hydrogen-bond acceptors (Lipinski definition) is 5. The van der Waals surface area contributed by atoms with Crippen molar-refractivity contribution in [3.05, 3.63) is 53.1 Å². The standard InChI is InChI=1S/C17H17ClN2O5S/c1-3-25-17(22)12-4-7-14(8-5-12)26(23,24)20-13-6-9-16(15(18)10-13)19-11(2)21/h4-10,20H,3H2,1-2H3,(H,19,21). The second-order valence-corrected chi connectivity index (χ2v) is 7.32. The molecule has 0 bridgehead atoms. The van der Waals surface area contributed by atoms with Crippen LogP contribution in [0.2, 0.25) is 5.02 Å². The monoisotopic (exact) mass is 396 g/mol. The normalized spacial score (nSPS) is 10.9. The van der Waals surface area contributed by atoms with E-state index in [-0.39, 0.29) is 33.7 Å². The molecule has 0 aliphatic heterocycles. The molecule has 0 fully saturated rings. The third-order valence-corrected chi connectivity index (χ3v) is 4.92. The van der Waals surface area contributed by atoms with Crippen LogP contribution in [-0.2, 0) is 19.6 Å². The Balaban J connectivity index is 2.19. The zero-order chi connectivity index (χ0) is 19.3. The molecule has 9 heteroatoms. The minimum absolute atomic E-state index is 0.0207. The van der Waals surface area contributed by atoms with Crippen LogP contribution in [0, 0.1) is 0 Å². The maximum Gasteiger partial charge on any atom is 0.338 e. The van der Waals surface area contributed by atoms with Crippen molar-refractivity contribution in [2.24, 2.45) is 0 Å². The van der Waals surface area contributed by atoms with Crippen molar-refractivity contribution >= 4 is 44.9 Å². The Morgan fingerprint density at radius 3 is 2.31 bits per heavy atom. The van der Waals surface area contributed by atoms with E-state index in [4.69, 9.17) is 16.3 Å². The van der Waals surface area contributed by atoms with Gasteiger partial charge < -0.3 is 10.1 Å². The number of benzene rings is 2. The third kappa shape index (κ3) is 4.96. The van der Waals surface area contributed by atoms with Gasteiger partial charge in [0, 0.05) is 6.92 Å². The van der Waals surface area contributed by atoms with Gasteiger partial charge in [-0.3, -0.25) is 9.52 Å². The molecule has 2 aromatic rings. The van der Waals surface area contributed by atoms with Crippen LogP contribution >= 0.6 is 11.6 Å². The number of amides is 1. The van der Waals surface area contributed by atoms with Crippen molar-refractivity contribution in [2.45, 2.75) is 18.7 Å². The molecule has 0 heterocycles. The topological polar surface area (TPSA) is 102 Å². The van der Waals surface area contributed by atoms with Crippen LogP contribution in [0.3, 0.4) is 0 Å². The van der Waals surface area contributed by atoms with Gasteiger partial charge in [0.25, 0.3) is 10.0 Å². The number of anilines is 2. The van der Waals surface area contributed by atoms with Crippen molar-refractivity contribution in [1.82, 2.24) is 0 Å². The van der Waals surface area contributed by atoms with Crippen molar-refractivity contribution in [3.63, 3.8) is 0 Å².